The Morgan fingerprint density at radius 3 is 2.23 bits per heavy atom. The predicted octanol–water partition coefficient (Wildman–Crippen LogP) is 6.24. The van der Waals surface area contributed by atoms with Crippen molar-refractivity contribution in [2.45, 2.75) is 12.5 Å². The van der Waals surface area contributed by atoms with Crippen molar-refractivity contribution < 1.29 is 37.7 Å². The molecule has 6 rings (SSSR count). The van der Waals surface area contributed by atoms with E-state index < -0.39 is 23.7 Å². The van der Waals surface area contributed by atoms with Gasteiger partial charge in [-0.15, -0.1) is 0 Å². The van der Waals surface area contributed by atoms with Crippen molar-refractivity contribution in [3.63, 3.8) is 0 Å². The van der Waals surface area contributed by atoms with E-state index in [0.717, 1.165) is 33.8 Å². The fraction of sp³-hybridized carbons (Fsp3) is 0.111. The van der Waals surface area contributed by atoms with Crippen LogP contribution < -0.4 is 20.1 Å². The van der Waals surface area contributed by atoms with Crippen molar-refractivity contribution in [1.29, 1.82) is 0 Å². The van der Waals surface area contributed by atoms with Gasteiger partial charge in [0.25, 0.3) is 11.8 Å². The first-order valence-electron chi connectivity index (χ1n) is 14.6. The topological polar surface area (TPSA) is 127 Å². The molecule has 11 heteroatoms. The van der Waals surface area contributed by atoms with Gasteiger partial charge < -0.3 is 25.2 Å². The normalized spacial score (nSPS) is 11.7. The number of ether oxygens (including phenoxy) is 2. The number of carbonyl (C=O) groups excluding carboxylic acids is 2. The van der Waals surface area contributed by atoms with Crippen LogP contribution in [-0.2, 0) is 11.2 Å². The van der Waals surface area contributed by atoms with Gasteiger partial charge in [-0.2, -0.15) is 0 Å². The molecule has 0 saturated carbocycles. The number of anilines is 1. The Labute approximate surface area is 267 Å². The summed E-state index contributed by atoms with van der Waals surface area (Å²) in [5, 5.41) is 18.0. The number of carboxylic acid groups (broad SMARTS) is 1. The lowest BCUT2D eigenvalue weighted by Crippen LogP contribution is -2.29. The van der Waals surface area contributed by atoms with Crippen molar-refractivity contribution in [3.05, 3.63) is 132 Å². The predicted molar refractivity (Wildman–Crippen MR) is 171 cm³/mol. The van der Waals surface area contributed by atoms with Crippen LogP contribution in [0.2, 0.25) is 0 Å². The van der Waals surface area contributed by atoms with Crippen LogP contribution >= 0.6 is 0 Å². The van der Waals surface area contributed by atoms with Crippen LogP contribution in [0.1, 0.15) is 26.3 Å². The Bertz CT molecular complexity index is 2050. The molecule has 2 amide bonds. The number of carboxylic acids is 1. The third-order valence-corrected chi connectivity index (χ3v) is 7.43. The number of rotatable bonds is 12. The van der Waals surface area contributed by atoms with E-state index >= 15 is 0 Å². The maximum atomic E-state index is 13.4. The molecule has 47 heavy (non-hydrogen) atoms. The van der Waals surface area contributed by atoms with Crippen molar-refractivity contribution in [1.82, 2.24) is 10.3 Å². The summed E-state index contributed by atoms with van der Waals surface area (Å²) in [4.78, 5) is 41.7. The highest BCUT2D eigenvalue weighted by Gasteiger charge is 2.21. The zero-order valence-corrected chi connectivity index (χ0v) is 24.7. The summed E-state index contributed by atoms with van der Waals surface area (Å²) in [6, 6.07) is 25.1. The van der Waals surface area contributed by atoms with E-state index in [-0.39, 0.29) is 37.1 Å². The van der Waals surface area contributed by atoms with Crippen molar-refractivity contribution >= 4 is 45.1 Å². The quantitative estimate of drug-likeness (QED) is 0.136. The highest BCUT2D eigenvalue weighted by molar-refractivity contribution is 6.15. The van der Waals surface area contributed by atoms with Crippen LogP contribution in [0, 0.1) is 11.6 Å². The molecule has 0 spiro atoms. The molecule has 3 N–H and O–H groups in total. The first kappa shape index (κ1) is 30.9. The van der Waals surface area contributed by atoms with E-state index in [2.05, 4.69) is 15.6 Å². The number of benzene rings is 5. The second-order valence-corrected chi connectivity index (χ2v) is 10.7. The number of halogens is 2. The first-order chi connectivity index (χ1) is 22.7. The SMILES string of the molecule is O=C(NCCOc1ccc(CC(Oc2cc(F)cc(F)c2)C(=O)O)cc1)c1ccc(NC(=O)c2ccc3cc2c2cc3ccn2)cc1. The lowest BCUT2D eigenvalue weighted by Gasteiger charge is -2.16. The maximum absolute atomic E-state index is 13.4. The molecule has 9 nitrogen and oxygen atoms in total. The number of fused-ring (bicyclic) bond motifs is 6. The fourth-order valence-electron chi connectivity index (χ4n) is 5.11. The zero-order valence-electron chi connectivity index (χ0n) is 24.7. The van der Waals surface area contributed by atoms with E-state index in [1.54, 1.807) is 60.8 Å². The molecular weight excluding hydrogens is 608 g/mol. The molecule has 1 heterocycles. The summed E-state index contributed by atoms with van der Waals surface area (Å²) < 4.78 is 37.9. The summed E-state index contributed by atoms with van der Waals surface area (Å²) in [5.41, 5.74) is 2.80. The van der Waals surface area contributed by atoms with Crippen molar-refractivity contribution in [3.8, 4) is 11.5 Å². The third-order valence-electron chi connectivity index (χ3n) is 7.43. The van der Waals surface area contributed by atoms with E-state index in [1.165, 1.54) is 0 Å². The van der Waals surface area contributed by atoms with Gasteiger partial charge in [0.15, 0.2) is 6.10 Å². The molecular formula is C36H27F2N3O6. The van der Waals surface area contributed by atoms with Gasteiger partial charge in [-0.3, -0.25) is 14.6 Å². The van der Waals surface area contributed by atoms with E-state index in [9.17, 15) is 28.3 Å². The number of amides is 2. The monoisotopic (exact) mass is 635 g/mol. The molecule has 5 aromatic carbocycles. The van der Waals surface area contributed by atoms with Crippen LogP contribution in [0.3, 0.4) is 0 Å². The number of hydrogen-bond donors (Lipinski definition) is 3. The Morgan fingerprint density at radius 2 is 1.51 bits per heavy atom. The lowest BCUT2D eigenvalue weighted by molar-refractivity contribution is -0.145. The maximum Gasteiger partial charge on any atom is 0.345 e. The standard InChI is InChI=1S/C36H27F2N3O6/c37-25-18-26(38)20-29(19-25)47-33(36(44)45)15-21-1-8-28(9-2-21)46-14-13-40-34(42)22-3-6-27(7-4-22)41-35(43)30-10-5-23-16-31(30)32-17-24(23)11-12-39-32/h1-12,16-20,33H,13-15H2,(H,40,42)(H,41,43)(H,44,45). The molecule has 0 fully saturated rings. The smallest absolute Gasteiger partial charge is 0.345 e. The number of pyridine rings is 1. The van der Waals surface area contributed by atoms with Gasteiger partial charge in [0.05, 0.1) is 12.1 Å². The largest absolute Gasteiger partial charge is 0.492 e. The minimum absolute atomic E-state index is 0.0493. The summed E-state index contributed by atoms with van der Waals surface area (Å²) in [5.74, 6) is -3.35. The molecule has 0 aliphatic carbocycles. The molecule has 0 saturated heterocycles. The molecule has 6 aromatic rings. The van der Waals surface area contributed by atoms with Gasteiger partial charge >= 0.3 is 5.97 Å². The highest BCUT2D eigenvalue weighted by Crippen LogP contribution is 2.27. The van der Waals surface area contributed by atoms with Crippen LogP contribution in [-0.4, -0.2) is 47.1 Å². The van der Waals surface area contributed by atoms with Gasteiger partial charge in [0.1, 0.15) is 29.7 Å². The van der Waals surface area contributed by atoms with Crippen molar-refractivity contribution in [2.24, 2.45) is 0 Å². The third kappa shape index (κ3) is 7.42. The first-order valence-corrected chi connectivity index (χ1v) is 14.6. The lowest BCUT2D eigenvalue weighted by atomic mass is 10.0. The fourth-order valence-corrected chi connectivity index (χ4v) is 5.11. The molecule has 1 atom stereocenters. The minimum Gasteiger partial charge on any atom is -0.492 e. The Hall–Kier alpha value is -6.10. The van der Waals surface area contributed by atoms with Crippen LogP contribution in [0.4, 0.5) is 14.5 Å². The van der Waals surface area contributed by atoms with Gasteiger partial charge in [0, 0.05) is 53.0 Å². The van der Waals surface area contributed by atoms with Gasteiger partial charge in [0.2, 0.25) is 0 Å². The molecule has 4 bridgehead atoms. The zero-order chi connectivity index (χ0) is 32.9. The second-order valence-electron chi connectivity index (χ2n) is 10.7. The number of nitrogens with zero attached hydrogens (tertiary/aromatic N) is 1. The number of nitrogens with one attached hydrogen (secondary N) is 2. The summed E-state index contributed by atoms with van der Waals surface area (Å²) in [7, 11) is 0. The van der Waals surface area contributed by atoms with E-state index in [0.29, 0.717) is 34.2 Å². The molecule has 0 aliphatic rings. The molecule has 1 aromatic heterocycles. The molecule has 236 valence electrons. The Balaban J connectivity index is 0.961. The second kappa shape index (κ2) is 13.5. The van der Waals surface area contributed by atoms with Crippen LogP contribution in [0.5, 0.6) is 11.5 Å². The minimum atomic E-state index is -1.36. The van der Waals surface area contributed by atoms with E-state index in [4.69, 9.17) is 9.47 Å². The number of aliphatic carboxylic acids is 1. The Morgan fingerprint density at radius 1 is 0.787 bits per heavy atom. The van der Waals surface area contributed by atoms with Crippen molar-refractivity contribution in [2.75, 3.05) is 18.5 Å². The summed E-state index contributed by atoms with van der Waals surface area (Å²) >= 11 is 0. The number of carbonyl (C=O) groups is 3. The van der Waals surface area contributed by atoms with Gasteiger partial charge in [-0.1, -0.05) is 18.2 Å². The van der Waals surface area contributed by atoms with Gasteiger partial charge in [-0.05, 0) is 77.0 Å². The molecule has 1 unspecified atom stereocenters. The summed E-state index contributed by atoms with van der Waals surface area (Å²) in [6.45, 7) is 0.385. The Kier molecular flexibility index (Phi) is 8.87. The number of hydrogen-bond acceptors (Lipinski definition) is 6. The number of aromatic nitrogens is 1. The molecule has 0 aliphatic heterocycles. The average molecular weight is 636 g/mol. The molecule has 0 radical (unpaired) electrons. The summed E-state index contributed by atoms with van der Waals surface area (Å²) in [6.07, 6.45) is 0.313. The van der Waals surface area contributed by atoms with E-state index in [1.807, 2.05) is 24.3 Å². The van der Waals surface area contributed by atoms with Crippen LogP contribution in [0.15, 0.2) is 103 Å². The highest BCUT2D eigenvalue weighted by atomic mass is 19.1. The average Bonchev–Trinajstić information content (AvgIpc) is 3.06. The van der Waals surface area contributed by atoms with Gasteiger partial charge in [-0.25, -0.2) is 13.6 Å². The van der Waals surface area contributed by atoms with Crippen LogP contribution in [0.25, 0.3) is 21.7 Å².